The van der Waals surface area contributed by atoms with E-state index in [2.05, 4.69) is 27.7 Å². The van der Waals surface area contributed by atoms with Gasteiger partial charge in [-0.3, -0.25) is 4.79 Å². The Morgan fingerprint density at radius 1 is 0.419 bits per heavy atom. The van der Waals surface area contributed by atoms with Gasteiger partial charge in [-0.15, -0.1) is 0 Å². The van der Waals surface area contributed by atoms with E-state index in [-0.39, 0.29) is 30.3 Å². The van der Waals surface area contributed by atoms with Gasteiger partial charge in [0, 0.05) is 69.5 Å². The summed E-state index contributed by atoms with van der Waals surface area (Å²) in [5, 5.41) is 30.3. The van der Waals surface area contributed by atoms with E-state index >= 15 is 0 Å². The molecule has 6 aromatic carbocycles. The van der Waals surface area contributed by atoms with Crippen molar-refractivity contribution >= 4 is 60.1 Å². The Labute approximate surface area is 365 Å². The first-order valence-corrected chi connectivity index (χ1v) is 22.5. The molecule has 0 aliphatic rings. The van der Waals surface area contributed by atoms with Gasteiger partial charge in [0.05, 0.1) is 32.0 Å². The predicted octanol–water partition coefficient (Wildman–Crippen LogP) is 11.5. The van der Waals surface area contributed by atoms with E-state index in [1.54, 1.807) is 24.3 Å². The van der Waals surface area contributed by atoms with Crippen molar-refractivity contribution in [1.29, 1.82) is 0 Å². The summed E-state index contributed by atoms with van der Waals surface area (Å²) in [5.74, 6) is 1.91. The molecule has 0 saturated heterocycles. The van der Waals surface area contributed by atoms with Crippen molar-refractivity contribution in [2.45, 2.75) is 79.1 Å². The number of phenolic OH excluding ortho intramolecular Hbond substituents is 2. The summed E-state index contributed by atoms with van der Waals surface area (Å²) >= 11 is 0. The minimum Gasteiger partial charge on any atom is -0.507 e. The average molecular weight is 853 g/mol. The molecule has 0 aliphatic carbocycles. The van der Waals surface area contributed by atoms with Crippen LogP contribution in [0.1, 0.15) is 89.4 Å². The van der Waals surface area contributed by atoms with Gasteiger partial charge in [-0.1, -0.05) is 65.5 Å². The maximum Gasteiger partial charge on any atom is 0.153 e. The highest BCUT2D eigenvalue weighted by Gasteiger charge is 2.24. The normalized spacial score (nSPS) is 11.7. The van der Waals surface area contributed by atoms with Gasteiger partial charge in [0.15, 0.2) is 6.29 Å². The molecule has 0 amide bonds. The summed E-state index contributed by atoms with van der Waals surface area (Å²) in [7, 11) is 0. The molecule has 334 valence electrons. The number of rotatable bonds is 29. The highest BCUT2D eigenvalue weighted by molar-refractivity contribution is 6.35. The molecular weight excluding hydrogens is 789 g/mol. The van der Waals surface area contributed by atoms with E-state index in [0.717, 1.165) is 83.7 Å². The number of aromatic hydroxyl groups is 2. The van der Waals surface area contributed by atoms with E-state index in [0.29, 0.717) is 117 Å². The largest absolute Gasteiger partial charge is 0.507 e. The molecule has 0 bridgehead atoms. The number of carbonyl (C=O) groups excluding carboxylic acids is 1. The summed E-state index contributed by atoms with van der Waals surface area (Å²) in [6, 6.07) is 16.8. The standard InChI is InChI=1S/C51H64O11/c1-5-9-19-55-23-27-59-42-18-17-41(53)39-32-43(60-28-24-56-20-10-6-2)37-15-13-35-14-16-38-44(61-29-25-57-21-11-7-3)33-40-48(50(38)46(35)49(37)47(39)42)45(31-36(34-52)51(40)54)62-30-26-58-22-12-8-4/h13-18,31-34,53-54H,5-12,19-30H2,1-4H3. The fraction of sp³-hybridized carbons (Fsp3) is 0.471. The molecule has 0 aliphatic heterocycles. The lowest BCUT2D eigenvalue weighted by Gasteiger charge is -2.21. The number of ether oxygens (including phenoxy) is 8. The van der Waals surface area contributed by atoms with Crippen LogP contribution in [-0.4, -0.2) is 95.8 Å². The Hall–Kier alpha value is -5.07. The fourth-order valence-electron chi connectivity index (χ4n) is 7.64. The maximum atomic E-state index is 12.5. The molecule has 0 atom stereocenters. The highest BCUT2D eigenvalue weighted by atomic mass is 16.5. The maximum absolute atomic E-state index is 12.5. The predicted molar refractivity (Wildman–Crippen MR) is 248 cm³/mol. The van der Waals surface area contributed by atoms with E-state index in [1.807, 2.05) is 30.3 Å². The Balaban J connectivity index is 1.66. The number of benzene rings is 6. The second kappa shape index (κ2) is 24.0. The Morgan fingerprint density at radius 3 is 1.32 bits per heavy atom. The van der Waals surface area contributed by atoms with Gasteiger partial charge < -0.3 is 48.1 Å². The number of phenols is 2. The van der Waals surface area contributed by atoms with Gasteiger partial charge in [-0.05, 0) is 78.9 Å². The molecule has 2 N–H and O–H groups in total. The summed E-state index contributed by atoms with van der Waals surface area (Å²) in [5.41, 5.74) is 0.0850. The van der Waals surface area contributed by atoms with E-state index in [4.69, 9.17) is 37.9 Å². The minimum atomic E-state index is -0.188. The molecule has 0 radical (unpaired) electrons. The summed E-state index contributed by atoms with van der Waals surface area (Å²) in [6.07, 6.45) is 8.55. The van der Waals surface area contributed by atoms with Gasteiger partial charge in [-0.2, -0.15) is 0 Å². The van der Waals surface area contributed by atoms with E-state index in [9.17, 15) is 15.0 Å². The molecule has 6 rings (SSSR count). The van der Waals surface area contributed by atoms with Crippen molar-refractivity contribution in [3.63, 3.8) is 0 Å². The van der Waals surface area contributed by atoms with Crippen molar-refractivity contribution in [2.24, 2.45) is 0 Å². The number of carbonyl (C=O) groups is 1. The number of hydrogen-bond donors (Lipinski definition) is 2. The van der Waals surface area contributed by atoms with Gasteiger partial charge >= 0.3 is 0 Å². The SMILES string of the molecule is CCCCOCCOc1cc2c(O)ccc(OCCOCCCC)c2c2c1ccc1ccc3c(OCCOCCCC)cc4c(O)c(C=O)cc(OCCOCCCC)c4c3c12. The van der Waals surface area contributed by atoms with Crippen molar-refractivity contribution < 1.29 is 52.9 Å². The third kappa shape index (κ3) is 11.1. The molecule has 0 fully saturated rings. The molecule has 6 aromatic rings. The van der Waals surface area contributed by atoms with Crippen LogP contribution in [0, 0.1) is 0 Å². The molecule has 0 heterocycles. The van der Waals surface area contributed by atoms with Crippen molar-refractivity contribution in [1.82, 2.24) is 0 Å². The van der Waals surface area contributed by atoms with E-state index in [1.165, 1.54) is 0 Å². The van der Waals surface area contributed by atoms with Crippen LogP contribution in [-0.2, 0) is 18.9 Å². The molecule has 11 nitrogen and oxygen atoms in total. The fourth-order valence-corrected chi connectivity index (χ4v) is 7.64. The molecule has 0 unspecified atom stereocenters. The number of aldehydes is 1. The minimum absolute atomic E-state index is 0.0621. The molecule has 0 aromatic heterocycles. The van der Waals surface area contributed by atoms with Gasteiger partial charge in [0.25, 0.3) is 0 Å². The highest BCUT2D eigenvalue weighted by Crippen LogP contribution is 2.51. The zero-order valence-corrected chi connectivity index (χ0v) is 37.0. The summed E-state index contributed by atoms with van der Waals surface area (Å²) in [4.78, 5) is 12.5. The first-order valence-electron chi connectivity index (χ1n) is 22.5. The first kappa shape index (κ1) is 46.4. The van der Waals surface area contributed by atoms with Crippen LogP contribution in [0.15, 0.2) is 54.6 Å². The third-order valence-electron chi connectivity index (χ3n) is 10.9. The molecule has 11 heteroatoms. The van der Waals surface area contributed by atoms with Crippen LogP contribution in [0.4, 0.5) is 0 Å². The molecular formula is C51H64O11. The van der Waals surface area contributed by atoms with Crippen molar-refractivity contribution in [3.8, 4) is 34.5 Å². The summed E-state index contributed by atoms with van der Waals surface area (Å²) in [6.45, 7) is 13.6. The lowest BCUT2D eigenvalue weighted by Crippen LogP contribution is -2.09. The zero-order chi connectivity index (χ0) is 43.7. The van der Waals surface area contributed by atoms with Crippen LogP contribution >= 0.6 is 0 Å². The number of fused-ring (bicyclic) bond motifs is 9. The van der Waals surface area contributed by atoms with Crippen LogP contribution in [0.2, 0.25) is 0 Å². The van der Waals surface area contributed by atoms with Gasteiger partial charge in [0.2, 0.25) is 0 Å². The lowest BCUT2D eigenvalue weighted by atomic mass is 9.88. The van der Waals surface area contributed by atoms with Crippen molar-refractivity contribution in [3.05, 3.63) is 60.2 Å². The van der Waals surface area contributed by atoms with Crippen LogP contribution in [0.3, 0.4) is 0 Å². The smallest absolute Gasteiger partial charge is 0.153 e. The second-order valence-corrected chi connectivity index (χ2v) is 15.4. The van der Waals surface area contributed by atoms with Crippen LogP contribution in [0.5, 0.6) is 34.5 Å². The topological polar surface area (TPSA) is 131 Å². The van der Waals surface area contributed by atoms with Crippen molar-refractivity contribution in [2.75, 3.05) is 79.3 Å². The Morgan fingerprint density at radius 2 is 0.855 bits per heavy atom. The Bertz CT molecular complexity index is 2370. The summed E-state index contributed by atoms with van der Waals surface area (Å²) < 4.78 is 49.5. The zero-order valence-electron chi connectivity index (χ0n) is 37.0. The van der Waals surface area contributed by atoms with Crippen LogP contribution < -0.4 is 18.9 Å². The molecule has 0 saturated carbocycles. The van der Waals surface area contributed by atoms with Crippen LogP contribution in [0.25, 0.3) is 53.9 Å². The van der Waals surface area contributed by atoms with Gasteiger partial charge in [-0.25, -0.2) is 0 Å². The van der Waals surface area contributed by atoms with E-state index < -0.39 is 0 Å². The second-order valence-electron chi connectivity index (χ2n) is 15.4. The molecule has 0 spiro atoms. The van der Waals surface area contributed by atoms with Gasteiger partial charge in [0.1, 0.15) is 60.9 Å². The first-order chi connectivity index (χ1) is 30.5. The third-order valence-corrected chi connectivity index (χ3v) is 10.9. The Kier molecular flexibility index (Phi) is 17.9. The average Bonchev–Trinajstić information content (AvgIpc) is 3.29. The lowest BCUT2D eigenvalue weighted by molar-refractivity contribution is 0.0983. The monoisotopic (exact) mass is 852 g/mol. The quantitative estimate of drug-likeness (QED) is 0.0265. The molecule has 62 heavy (non-hydrogen) atoms. The number of hydrogen-bond acceptors (Lipinski definition) is 11. The number of unbranched alkanes of at least 4 members (excludes halogenated alkanes) is 4.